The summed E-state index contributed by atoms with van der Waals surface area (Å²) in [5.41, 5.74) is -1.26. The van der Waals surface area contributed by atoms with Gasteiger partial charge in [-0.3, -0.25) is 0 Å². The fourth-order valence-corrected chi connectivity index (χ4v) is 3.88. The van der Waals surface area contributed by atoms with Crippen molar-refractivity contribution in [2.75, 3.05) is 13.2 Å². The van der Waals surface area contributed by atoms with Crippen molar-refractivity contribution in [3.05, 3.63) is 35.9 Å². The van der Waals surface area contributed by atoms with E-state index < -0.39 is 29.4 Å². The van der Waals surface area contributed by atoms with Crippen molar-refractivity contribution in [1.29, 1.82) is 0 Å². The van der Waals surface area contributed by atoms with Crippen LogP contribution in [0.15, 0.2) is 35.3 Å². The van der Waals surface area contributed by atoms with Gasteiger partial charge in [-0.05, 0) is 45.2 Å². The lowest BCUT2D eigenvalue weighted by molar-refractivity contribution is -0.172. The summed E-state index contributed by atoms with van der Waals surface area (Å²) >= 11 is 0. The number of hydrogen-bond acceptors (Lipinski definition) is 7. The first-order valence-electron chi connectivity index (χ1n) is 9.69. The van der Waals surface area contributed by atoms with Crippen LogP contribution in [-0.2, 0) is 23.7 Å². The number of aliphatic imine (C=N–C) groups is 1. The van der Waals surface area contributed by atoms with Crippen LogP contribution < -0.4 is 0 Å². The minimum absolute atomic E-state index is 0.0173. The van der Waals surface area contributed by atoms with E-state index in [0.29, 0.717) is 12.3 Å². The Morgan fingerprint density at radius 2 is 1.86 bits per heavy atom. The SMILES string of the molecule is CCOC(=O)O[C@@H]1C[C@H](C)[C@]2(C)C[C@]1(C(=O)OCC)N=C(c1ccccc1)O2. The molecular weight excluding hydrogens is 362 g/mol. The normalized spacial score (nSPS) is 31.2. The van der Waals surface area contributed by atoms with Gasteiger partial charge in [-0.2, -0.15) is 0 Å². The number of ether oxygens (including phenoxy) is 4. The van der Waals surface area contributed by atoms with Gasteiger partial charge in [0, 0.05) is 12.0 Å². The maximum atomic E-state index is 13.1. The molecule has 1 aromatic carbocycles. The summed E-state index contributed by atoms with van der Waals surface area (Å²) in [6.45, 7) is 7.81. The molecule has 7 heteroatoms. The topological polar surface area (TPSA) is 83.4 Å². The van der Waals surface area contributed by atoms with Crippen LogP contribution in [-0.4, -0.2) is 48.5 Å². The Kier molecular flexibility index (Phi) is 5.63. The second kappa shape index (κ2) is 7.81. The lowest BCUT2D eigenvalue weighted by atomic mass is 9.66. The Labute approximate surface area is 165 Å². The van der Waals surface area contributed by atoms with Crippen molar-refractivity contribution < 1.29 is 28.5 Å². The van der Waals surface area contributed by atoms with E-state index in [1.165, 1.54) is 0 Å². The molecule has 1 aromatic rings. The van der Waals surface area contributed by atoms with Crippen molar-refractivity contribution in [3.63, 3.8) is 0 Å². The molecule has 0 N–H and O–H groups in total. The van der Waals surface area contributed by atoms with Gasteiger partial charge in [0.05, 0.1) is 13.2 Å². The second-order valence-corrected chi connectivity index (χ2v) is 7.45. The minimum atomic E-state index is -1.37. The fourth-order valence-electron chi connectivity index (χ4n) is 3.88. The highest BCUT2D eigenvalue weighted by atomic mass is 16.7. The first-order valence-corrected chi connectivity index (χ1v) is 9.69. The summed E-state index contributed by atoms with van der Waals surface area (Å²) in [5, 5.41) is 0. The smallest absolute Gasteiger partial charge is 0.471 e. The number of carbonyl (C=O) groups excluding carboxylic acids is 2. The minimum Gasteiger partial charge on any atom is -0.471 e. The molecule has 2 bridgehead atoms. The molecule has 3 rings (SSSR count). The Hall–Kier alpha value is -2.57. The molecule has 0 aromatic heterocycles. The first kappa shape index (κ1) is 20.2. The second-order valence-electron chi connectivity index (χ2n) is 7.45. The molecular formula is C21H27NO6. The summed E-state index contributed by atoms with van der Waals surface area (Å²) in [7, 11) is 0. The van der Waals surface area contributed by atoms with Crippen molar-refractivity contribution in [3.8, 4) is 0 Å². The monoisotopic (exact) mass is 389 g/mol. The molecule has 0 spiro atoms. The standard InChI is InChI=1S/C21H27NO6/c1-5-25-18(23)21-13-20(4,14(3)12-16(21)27-19(24)26-6-2)28-17(22-21)15-10-8-7-9-11-15/h7-11,14,16H,5-6,12-13H2,1-4H3/t14-,16+,20-,21-/m0/s1. The zero-order chi connectivity index (χ0) is 20.4. The molecule has 2 aliphatic rings. The molecule has 1 aliphatic heterocycles. The van der Waals surface area contributed by atoms with E-state index in [1.54, 1.807) is 13.8 Å². The highest BCUT2D eigenvalue weighted by molar-refractivity contribution is 5.98. The van der Waals surface area contributed by atoms with Gasteiger partial charge >= 0.3 is 12.1 Å². The first-order chi connectivity index (χ1) is 13.3. The number of rotatable bonds is 5. The van der Waals surface area contributed by atoms with Gasteiger partial charge in [0.15, 0.2) is 0 Å². The molecule has 0 amide bonds. The van der Waals surface area contributed by atoms with Gasteiger partial charge in [0.25, 0.3) is 0 Å². The van der Waals surface area contributed by atoms with E-state index in [0.717, 1.165) is 5.56 Å². The average Bonchev–Trinajstić information content (AvgIpc) is 2.67. The van der Waals surface area contributed by atoms with Crippen LogP contribution in [0.25, 0.3) is 0 Å². The molecule has 1 saturated carbocycles. The quantitative estimate of drug-likeness (QED) is 0.717. The molecule has 1 fully saturated rings. The molecule has 0 saturated heterocycles. The largest absolute Gasteiger partial charge is 0.508 e. The molecule has 28 heavy (non-hydrogen) atoms. The van der Waals surface area contributed by atoms with Crippen LogP contribution in [0.5, 0.6) is 0 Å². The summed E-state index contributed by atoms with van der Waals surface area (Å²) < 4.78 is 22.1. The third-order valence-corrected chi connectivity index (χ3v) is 5.54. The van der Waals surface area contributed by atoms with Crippen molar-refractivity contribution >= 4 is 18.0 Å². The van der Waals surface area contributed by atoms with Gasteiger partial charge in [-0.1, -0.05) is 25.1 Å². The third-order valence-electron chi connectivity index (χ3n) is 5.54. The Balaban J connectivity index is 2.09. The highest BCUT2D eigenvalue weighted by Crippen LogP contribution is 2.49. The van der Waals surface area contributed by atoms with E-state index in [4.69, 9.17) is 18.9 Å². The van der Waals surface area contributed by atoms with Gasteiger partial charge in [-0.25, -0.2) is 14.6 Å². The average molecular weight is 389 g/mol. The number of fused-ring (bicyclic) bond motifs is 2. The Morgan fingerprint density at radius 1 is 1.18 bits per heavy atom. The molecule has 152 valence electrons. The maximum Gasteiger partial charge on any atom is 0.508 e. The van der Waals surface area contributed by atoms with E-state index in [-0.39, 0.29) is 25.6 Å². The number of nitrogens with zero attached hydrogens (tertiary/aromatic N) is 1. The van der Waals surface area contributed by atoms with E-state index >= 15 is 0 Å². The lowest BCUT2D eigenvalue weighted by Crippen LogP contribution is -2.65. The Bertz CT molecular complexity index is 763. The molecule has 7 nitrogen and oxygen atoms in total. The van der Waals surface area contributed by atoms with Crippen LogP contribution in [0.1, 0.15) is 46.1 Å². The summed E-state index contributed by atoms with van der Waals surface area (Å²) in [4.78, 5) is 29.8. The van der Waals surface area contributed by atoms with Gasteiger partial charge in [0.1, 0.15) is 11.7 Å². The molecule has 0 unspecified atom stereocenters. The van der Waals surface area contributed by atoms with E-state index in [2.05, 4.69) is 4.99 Å². The summed E-state index contributed by atoms with van der Waals surface area (Å²) in [5.74, 6) is -0.144. The molecule has 4 atom stereocenters. The molecule has 0 radical (unpaired) electrons. The zero-order valence-corrected chi connectivity index (χ0v) is 16.8. The van der Waals surface area contributed by atoms with Gasteiger partial charge in [-0.15, -0.1) is 0 Å². The predicted molar refractivity (Wildman–Crippen MR) is 102 cm³/mol. The number of carbonyl (C=O) groups is 2. The summed E-state index contributed by atoms with van der Waals surface area (Å²) in [6, 6.07) is 9.38. The van der Waals surface area contributed by atoms with E-state index in [1.807, 2.05) is 44.2 Å². The lowest BCUT2D eigenvalue weighted by Gasteiger charge is -2.52. The number of esters is 1. The highest BCUT2D eigenvalue weighted by Gasteiger charge is 2.63. The number of hydrogen-bond donors (Lipinski definition) is 0. The zero-order valence-electron chi connectivity index (χ0n) is 16.8. The maximum absolute atomic E-state index is 13.1. The van der Waals surface area contributed by atoms with Crippen LogP contribution >= 0.6 is 0 Å². The van der Waals surface area contributed by atoms with Crippen molar-refractivity contribution in [1.82, 2.24) is 0 Å². The van der Waals surface area contributed by atoms with Gasteiger partial charge in [0.2, 0.25) is 11.4 Å². The predicted octanol–water partition coefficient (Wildman–Crippen LogP) is 3.50. The van der Waals surface area contributed by atoms with Crippen LogP contribution in [0.4, 0.5) is 4.79 Å². The van der Waals surface area contributed by atoms with E-state index in [9.17, 15) is 9.59 Å². The summed E-state index contributed by atoms with van der Waals surface area (Å²) in [6.07, 6.45) is -0.925. The van der Waals surface area contributed by atoms with Crippen molar-refractivity contribution in [2.45, 2.75) is 57.8 Å². The van der Waals surface area contributed by atoms with Gasteiger partial charge < -0.3 is 18.9 Å². The van der Waals surface area contributed by atoms with Crippen molar-refractivity contribution in [2.24, 2.45) is 10.9 Å². The number of benzene rings is 1. The Morgan fingerprint density at radius 3 is 2.50 bits per heavy atom. The third kappa shape index (κ3) is 3.57. The van der Waals surface area contributed by atoms with Crippen LogP contribution in [0.2, 0.25) is 0 Å². The fraction of sp³-hybridized carbons (Fsp3) is 0.571. The van der Waals surface area contributed by atoms with Crippen LogP contribution in [0, 0.1) is 5.92 Å². The molecule has 1 aliphatic carbocycles. The molecule has 1 heterocycles. The van der Waals surface area contributed by atoms with Crippen LogP contribution in [0.3, 0.4) is 0 Å².